The number of unbranched alkanes of at least 4 members (excludes halogenated alkanes) is 36. The van der Waals surface area contributed by atoms with E-state index in [0.717, 1.165) is 12.8 Å². The molecule has 0 saturated carbocycles. The number of rotatable bonds is 40. The van der Waals surface area contributed by atoms with Crippen LogP contribution in [-0.4, -0.2) is 11.6 Å². The molecule has 0 amide bonds. The highest BCUT2D eigenvalue weighted by molar-refractivity contribution is 5.76. The van der Waals surface area contributed by atoms with Crippen LogP contribution in [-0.2, 0) is 9.53 Å². The largest absolute Gasteiger partial charge is 0.458 e. The number of cyclic esters (lactones) is 1. The molecular formula is C45H88O2. The summed E-state index contributed by atoms with van der Waals surface area (Å²) in [7, 11) is 0. The molecule has 1 atom stereocenters. The zero-order chi connectivity index (χ0) is 33.8. The summed E-state index contributed by atoms with van der Waals surface area (Å²) in [4.78, 5) is 11.7. The molecular weight excluding hydrogens is 572 g/mol. The Hall–Kier alpha value is -0.530. The lowest BCUT2D eigenvalue weighted by Gasteiger charge is -2.41. The molecule has 1 unspecified atom stereocenters. The highest BCUT2D eigenvalue weighted by Gasteiger charge is 2.44. The third-order valence-electron chi connectivity index (χ3n) is 11.3. The molecule has 280 valence electrons. The van der Waals surface area contributed by atoms with Crippen molar-refractivity contribution in [2.45, 2.75) is 283 Å². The molecule has 0 aromatic carbocycles. The van der Waals surface area contributed by atoms with E-state index >= 15 is 0 Å². The summed E-state index contributed by atoms with van der Waals surface area (Å²) in [5.41, 5.74) is -0.0830. The van der Waals surface area contributed by atoms with E-state index in [0.29, 0.717) is 6.42 Å². The summed E-state index contributed by atoms with van der Waals surface area (Å²) in [6.45, 7) is 4.60. The van der Waals surface area contributed by atoms with Gasteiger partial charge in [-0.2, -0.15) is 0 Å². The van der Waals surface area contributed by atoms with Crippen LogP contribution in [0.25, 0.3) is 0 Å². The number of carbonyl (C=O) groups is 1. The molecule has 1 aliphatic heterocycles. The van der Waals surface area contributed by atoms with Crippen molar-refractivity contribution in [1.29, 1.82) is 0 Å². The molecule has 1 saturated heterocycles. The number of esters is 1. The second-order valence-electron chi connectivity index (χ2n) is 16.1. The highest BCUT2D eigenvalue weighted by Crippen LogP contribution is 2.38. The molecule has 47 heavy (non-hydrogen) atoms. The molecule has 0 aliphatic carbocycles. The Bertz CT molecular complexity index is 619. The number of carbonyl (C=O) groups excluding carboxylic acids is 1. The smallest absolute Gasteiger partial charge is 0.310 e. The Balaban J connectivity index is 1.81. The van der Waals surface area contributed by atoms with Crippen LogP contribution < -0.4 is 0 Å². The summed E-state index contributed by atoms with van der Waals surface area (Å²) < 4.78 is 5.76. The van der Waals surface area contributed by atoms with Crippen LogP contribution in [0.1, 0.15) is 277 Å². The van der Waals surface area contributed by atoms with E-state index in [-0.39, 0.29) is 11.6 Å². The van der Waals surface area contributed by atoms with Crippen LogP contribution >= 0.6 is 0 Å². The number of ether oxygens (including phenoxy) is 1. The molecule has 1 aliphatic rings. The summed E-state index contributed by atoms with van der Waals surface area (Å²) >= 11 is 0. The first-order valence-corrected chi connectivity index (χ1v) is 22.4. The van der Waals surface area contributed by atoms with Crippen molar-refractivity contribution in [3.63, 3.8) is 0 Å². The SMILES string of the molecule is CCCCCCCCCCCCCCCCCCCCCCC1(CCCCCCCCCCCCCCCCCCCC)CC(=O)O1. The van der Waals surface area contributed by atoms with Crippen LogP contribution in [0.15, 0.2) is 0 Å². The fraction of sp³-hybridized carbons (Fsp3) is 0.978. The molecule has 0 radical (unpaired) electrons. The Morgan fingerprint density at radius 3 is 0.681 bits per heavy atom. The second-order valence-corrected chi connectivity index (χ2v) is 16.1. The van der Waals surface area contributed by atoms with Crippen molar-refractivity contribution >= 4 is 5.97 Å². The van der Waals surface area contributed by atoms with Gasteiger partial charge in [0.1, 0.15) is 5.60 Å². The molecule has 0 aromatic rings. The minimum atomic E-state index is -0.0830. The molecule has 2 heteroatoms. The van der Waals surface area contributed by atoms with Crippen LogP contribution in [0, 0.1) is 0 Å². The van der Waals surface area contributed by atoms with Gasteiger partial charge in [-0.05, 0) is 25.7 Å². The van der Waals surface area contributed by atoms with Crippen molar-refractivity contribution in [3.05, 3.63) is 0 Å². The fourth-order valence-corrected chi connectivity index (χ4v) is 7.95. The predicted octanol–water partition coefficient (Wildman–Crippen LogP) is 16.3. The van der Waals surface area contributed by atoms with Crippen molar-refractivity contribution in [2.75, 3.05) is 0 Å². The maximum Gasteiger partial charge on any atom is 0.310 e. The Kier molecular flexibility index (Phi) is 33.4. The lowest BCUT2D eigenvalue weighted by molar-refractivity contribution is -0.194. The van der Waals surface area contributed by atoms with Crippen molar-refractivity contribution < 1.29 is 9.53 Å². The van der Waals surface area contributed by atoms with E-state index in [1.165, 1.54) is 244 Å². The van der Waals surface area contributed by atoms with E-state index < -0.39 is 0 Å². The zero-order valence-corrected chi connectivity index (χ0v) is 32.8. The van der Waals surface area contributed by atoms with Crippen LogP contribution in [0.3, 0.4) is 0 Å². The van der Waals surface area contributed by atoms with Crippen LogP contribution in [0.2, 0.25) is 0 Å². The average Bonchev–Trinajstić information content (AvgIpc) is 3.06. The number of hydrogen-bond donors (Lipinski definition) is 0. The van der Waals surface area contributed by atoms with Gasteiger partial charge in [0.25, 0.3) is 0 Å². The molecule has 0 N–H and O–H groups in total. The fourth-order valence-electron chi connectivity index (χ4n) is 7.95. The topological polar surface area (TPSA) is 26.3 Å². The molecule has 0 aromatic heterocycles. The van der Waals surface area contributed by atoms with Gasteiger partial charge in [-0.3, -0.25) is 4.79 Å². The minimum Gasteiger partial charge on any atom is -0.458 e. The Labute approximate surface area is 297 Å². The van der Waals surface area contributed by atoms with E-state index in [9.17, 15) is 4.79 Å². The summed E-state index contributed by atoms with van der Waals surface area (Å²) in [5, 5.41) is 0. The van der Waals surface area contributed by atoms with Gasteiger partial charge >= 0.3 is 5.97 Å². The summed E-state index contributed by atoms with van der Waals surface area (Å²) in [6.07, 6.45) is 56.9. The van der Waals surface area contributed by atoms with Gasteiger partial charge in [0.05, 0.1) is 6.42 Å². The minimum absolute atomic E-state index is 0.0422. The molecule has 1 heterocycles. The third-order valence-corrected chi connectivity index (χ3v) is 11.3. The standard InChI is InChI=1S/C45H88O2/c1-3-5-7-9-11-13-15-17-19-21-23-24-26-28-30-32-34-36-38-40-42-45(43-44(46)47-45)41-39-37-35-33-31-29-27-25-22-20-18-16-14-12-10-8-6-4-2/h3-43H2,1-2H3. The molecule has 1 rings (SSSR count). The highest BCUT2D eigenvalue weighted by atomic mass is 16.6. The van der Waals surface area contributed by atoms with Crippen LogP contribution in [0.4, 0.5) is 0 Å². The lowest BCUT2D eigenvalue weighted by Crippen LogP contribution is -2.47. The van der Waals surface area contributed by atoms with Gasteiger partial charge in [0.15, 0.2) is 0 Å². The van der Waals surface area contributed by atoms with Crippen molar-refractivity contribution in [2.24, 2.45) is 0 Å². The van der Waals surface area contributed by atoms with E-state index in [2.05, 4.69) is 13.8 Å². The Morgan fingerprint density at radius 1 is 0.340 bits per heavy atom. The average molecular weight is 661 g/mol. The third kappa shape index (κ3) is 30.1. The molecule has 2 nitrogen and oxygen atoms in total. The Morgan fingerprint density at radius 2 is 0.511 bits per heavy atom. The molecule has 0 spiro atoms. The maximum atomic E-state index is 11.7. The monoisotopic (exact) mass is 661 g/mol. The first-order chi connectivity index (χ1) is 23.2. The van der Waals surface area contributed by atoms with Gasteiger partial charge < -0.3 is 4.74 Å². The summed E-state index contributed by atoms with van der Waals surface area (Å²) in [5.74, 6) is 0.0422. The molecule has 0 bridgehead atoms. The van der Waals surface area contributed by atoms with Crippen molar-refractivity contribution in [3.8, 4) is 0 Å². The van der Waals surface area contributed by atoms with E-state index in [1.807, 2.05) is 0 Å². The van der Waals surface area contributed by atoms with E-state index in [4.69, 9.17) is 4.74 Å². The maximum absolute atomic E-state index is 11.7. The van der Waals surface area contributed by atoms with Crippen LogP contribution in [0.5, 0.6) is 0 Å². The van der Waals surface area contributed by atoms with Gasteiger partial charge in [-0.25, -0.2) is 0 Å². The summed E-state index contributed by atoms with van der Waals surface area (Å²) in [6, 6.07) is 0. The van der Waals surface area contributed by atoms with Crippen molar-refractivity contribution in [1.82, 2.24) is 0 Å². The first kappa shape index (κ1) is 44.5. The second kappa shape index (κ2) is 35.3. The zero-order valence-electron chi connectivity index (χ0n) is 32.8. The first-order valence-electron chi connectivity index (χ1n) is 22.4. The number of hydrogen-bond acceptors (Lipinski definition) is 2. The predicted molar refractivity (Wildman–Crippen MR) is 209 cm³/mol. The quantitative estimate of drug-likeness (QED) is 0.0483. The molecule has 1 fully saturated rings. The normalized spacial score (nSPS) is 16.1. The van der Waals surface area contributed by atoms with E-state index in [1.54, 1.807) is 0 Å². The van der Waals surface area contributed by atoms with Gasteiger partial charge in [0.2, 0.25) is 0 Å². The van der Waals surface area contributed by atoms with Gasteiger partial charge in [-0.15, -0.1) is 0 Å². The lowest BCUT2D eigenvalue weighted by atomic mass is 9.83. The van der Waals surface area contributed by atoms with Gasteiger partial charge in [0, 0.05) is 0 Å². The van der Waals surface area contributed by atoms with Gasteiger partial charge in [-0.1, -0.05) is 245 Å².